The van der Waals surface area contributed by atoms with Crippen molar-refractivity contribution in [1.82, 2.24) is 24.8 Å². The monoisotopic (exact) mass is 847 g/mol. The summed E-state index contributed by atoms with van der Waals surface area (Å²) in [6.45, 7) is 6.50. The lowest BCUT2D eigenvalue weighted by Gasteiger charge is -2.45. The van der Waals surface area contributed by atoms with Crippen LogP contribution in [0.15, 0.2) is 36.5 Å². The van der Waals surface area contributed by atoms with Crippen LogP contribution >= 0.6 is 0 Å². The molecule has 322 valence electrons. The van der Waals surface area contributed by atoms with Gasteiger partial charge >= 0.3 is 12.3 Å². The molecule has 1 saturated heterocycles. The number of hydrogen-bond acceptors (Lipinski definition) is 9. The summed E-state index contributed by atoms with van der Waals surface area (Å²) in [5.74, 6) is -3.72. The molecular formula is C41H52F3N5O9S. The molecule has 7 atom stereocenters. The van der Waals surface area contributed by atoms with Crippen LogP contribution in [-0.4, -0.2) is 105 Å². The summed E-state index contributed by atoms with van der Waals surface area (Å²) >= 11 is 0. The Morgan fingerprint density at radius 2 is 1.85 bits per heavy atom. The van der Waals surface area contributed by atoms with E-state index in [0.717, 1.165) is 28.7 Å². The molecule has 2 aromatic rings. The molecule has 18 heteroatoms. The van der Waals surface area contributed by atoms with E-state index < -0.39 is 85.9 Å². The van der Waals surface area contributed by atoms with Crippen LogP contribution in [0.2, 0.25) is 0 Å². The Bertz CT molecular complexity index is 2180. The average molecular weight is 848 g/mol. The van der Waals surface area contributed by atoms with Crippen molar-refractivity contribution < 1.29 is 55.3 Å². The molecule has 2 aliphatic carbocycles. The maximum absolute atomic E-state index is 15.0. The topological polar surface area (TPSA) is 185 Å². The lowest BCUT2D eigenvalue weighted by molar-refractivity contribution is -0.222. The van der Waals surface area contributed by atoms with Crippen LogP contribution < -0.4 is 19.5 Å². The standard InChI is InChI=1S/C41H52F3N5O9S/c1-23-9-6-7-11-26-21-40(26,36(52)47-59(55,56)39(5)15-16-39)46-33(50)30-20-27(58-34-29-13-12-25-10-8-18-57-32(25)28(29)14-17-45-34)22-48(30)35(51)31(24(2)19-23)49(37(53)54)38(3,4)41(42,43)44/h7,11-14,17,23-24,26-27,30-31H,6,8-10,15-16,18-22H2,1-5H3,(H,46,50)(H,47,52)(H,53,54)/b11-7-/t23-,24-,26-,27-,30+,31+,40-/m1/s1. The number of allylic oxidation sites excluding steroid dienone is 1. The molecule has 14 nitrogen and oxygen atoms in total. The van der Waals surface area contributed by atoms with Gasteiger partial charge in [0.1, 0.15) is 35.0 Å². The number of fused-ring (bicyclic) bond motifs is 5. The first kappa shape index (κ1) is 42.5. The Morgan fingerprint density at radius 3 is 2.53 bits per heavy atom. The number of ether oxygens (including phenoxy) is 2. The van der Waals surface area contributed by atoms with Gasteiger partial charge in [0.05, 0.1) is 17.9 Å². The van der Waals surface area contributed by atoms with Crippen molar-refractivity contribution in [3.05, 3.63) is 42.1 Å². The van der Waals surface area contributed by atoms with E-state index >= 15 is 4.79 Å². The van der Waals surface area contributed by atoms with Gasteiger partial charge in [0, 0.05) is 29.3 Å². The normalized spacial score (nSPS) is 30.3. The van der Waals surface area contributed by atoms with Crippen LogP contribution in [0.1, 0.15) is 91.5 Å². The molecule has 0 radical (unpaired) electrons. The number of aryl methyl sites for hydroxylation is 1. The number of pyridine rings is 1. The number of hydrogen-bond donors (Lipinski definition) is 3. The highest BCUT2D eigenvalue weighted by Gasteiger charge is 2.64. The second-order valence-electron chi connectivity index (χ2n) is 17.8. The summed E-state index contributed by atoms with van der Waals surface area (Å²) in [6, 6.07) is 2.17. The fourth-order valence-corrected chi connectivity index (χ4v) is 10.2. The number of rotatable bonds is 7. The van der Waals surface area contributed by atoms with Gasteiger partial charge < -0.3 is 24.8 Å². The number of sulfonamides is 1. The van der Waals surface area contributed by atoms with Crippen molar-refractivity contribution in [3.8, 4) is 11.6 Å². The number of carboxylic acid groups (broad SMARTS) is 1. The van der Waals surface area contributed by atoms with Crippen molar-refractivity contribution in [3.63, 3.8) is 0 Å². The molecule has 59 heavy (non-hydrogen) atoms. The van der Waals surface area contributed by atoms with Gasteiger partial charge in [-0.1, -0.05) is 32.1 Å². The van der Waals surface area contributed by atoms with Gasteiger partial charge in [-0.15, -0.1) is 0 Å². The number of carbonyl (C=O) groups excluding carboxylic acids is 3. The third-order valence-electron chi connectivity index (χ3n) is 13.0. The first-order chi connectivity index (χ1) is 27.6. The molecule has 3 fully saturated rings. The number of amides is 4. The third-order valence-corrected chi connectivity index (χ3v) is 15.2. The number of halogens is 3. The lowest BCUT2D eigenvalue weighted by atomic mass is 9.85. The lowest BCUT2D eigenvalue weighted by Crippen LogP contribution is -2.66. The molecular weight excluding hydrogens is 796 g/mol. The molecule has 0 unspecified atom stereocenters. The minimum atomic E-state index is -5.09. The maximum Gasteiger partial charge on any atom is 0.411 e. The number of nitrogens with one attached hydrogen (secondary N) is 2. The van der Waals surface area contributed by atoms with E-state index in [1.165, 1.54) is 20.0 Å². The molecule has 5 aliphatic rings. The number of carbonyl (C=O) groups is 4. The van der Waals surface area contributed by atoms with Crippen LogP contribution in [0.25, 0.3) is 10.8 Å². The second kappa shape index (κ2) is 15.1. The predicted octanol–water partition coefficient (Wildman–Crippen LogP) is 5.48. The second-order valence-corrected chi connectivity index (χ2v) is 20.0. The van der Waals surface area contributed by atoms with E-state index in [2.05, 4.69) is 15.0 Å². The highest BCUT2D eigenvalue weighted by Crippen LogP contribution is 2.48. The molecule has 2 saturated carbocycles. The van der Waals surface area contributed by atoms with Gasteiger partial charge in [-0.3, -0.25) is 24.0 Å². The molecule has 1 aromatic heterocycles. The molecule has 4 amide bonds. The molecule has 7 rings (SSSR count). The molecule has 4 heterocycles. The van der Waals surface area contributed by atoms with Gasteiger partial charge in [0.25, 0.3) is 5.91 Å². The fraction of sp³-hybridized carbons (Fsp3) is 0.634. The van der Waals surface area contributed by atoms with E-state index in [1.54, 1.807) is 12.1 Å². The number of aromatic nitrogens is 1. The maximum atomic E-state index is 15.0. The van der Waals surface area contributed by atoms with E-state index in [1.807, 2.05) is 25.1 Å². The van der Waals surface area contributed by atoms with Crippen molar-refractivity contribution in [1.29, 1.82) is 0 Å². The predicted molar refractivity (Wildman–Crippen MR) is 209 cm³/mol. The van der Waals surface area contributed by atoms with Crippen molar-refractivity contribution in [2.45, 2.75) is 133 Å². The van der Waals surface area contributed by atoms with Crippen LogP contribution in [0.5, 0.6) is 11.6 Å². The Morgan fingerprint density at radius 1 is 1.12 bits per heavy atom. The van der Waals surface area contributed by atoms with E-state index in [9.17, 15) is 41.1 Å². The van der Waals surface area contributed by atoms with E-state index in [0.29, 0.717) is 57.3 Å². The Labute approximate surface area is 341 Å². The van der Waals surface area contributed by atoms with E-state index in [-0.39, 0.29) is 42.5 Å². The first-order valence-electron chi connectivity index (χ1n) is 20.3. The summed E-state index contributed by atoms with van der Waals surface area (Å²) in [6.07, 6.45) is 0.454. The Balaban J connectivity index is 1.29. The summed E-state index contributed by atoms with van der Waals surface area (Å²) in [7, 11) is -4.12. The van der Waals surface area contributed by atoms with Crippen LogP contribution in [0, 0.1) is 17.8 Å². The zero-order chi connectivity index (χ0) is 42.9. The summed E-state index contributed by atoms with van der Waals surface area (Å²) in [5.41, 5.74) is -3.73. The average Bonchev–Trinajstić information content (AvgIpc) is 4.04. The van der Waals surface area contributed by atoms with Crippen molar-refractivity contribution >= 4 is 44.6 Å². The highest BCUT2D eigenvalue weighted by atomic mass is 32.2. The SMILES string of the molecule is C[C@@H]1CC/C=C\[C@@H]2C[C@@]2(C(=O)NS(=O)(=O)C2(C)CC2)NC(=O)[C@@H]2C[C@@H](Oc3nccc4c5c(ccc34)CCCO5)CN2C(=O)[C@@H](N(C(=O)O)C(C)(C)C(F)(F)F)[C@H](C)C1. The molecule has 0 bridgehead atoms. The van der Waals surface area contributed by atoms with Crippen LogP contribution in [0.3, 0.4) is 0 Å². The van der Waals surface area contributed by atoms with Crippen molar-refractivity contribution in [2.75, 3.05) is 13.2 Å². The van der Waals surface area contributed by atoms with Crippen molar-refractivity contribution in [2.24, 2.45) is 17.8 Å². The van der Waals surface area contributed by atoms with Gasteiger partial charge in [-0.25, -0.2) is 18.2 Å². The fourth-order valence-electron chi connectivity index (χ4n) is 8.89. The first-order valence-corrected chi connectivity index (χ1v) is 21.7. The largest absolute Gasteiger partial charge is 0.493 e. The number of benzene rings is 1. The highest BCUT2D eigenvalue weighted by molar-refractivity contribution is 7.91. The van der Waals surface area contributed by atoms with Gasteiger partial charge in [-0.05, 0) is 102 Å². The summed E-state index contributed by atoms with van der Waals surface area (Å²) < 4.78 is 84.1. The van der Waals surface area contributed by atoms with Crippen LogP contribution in [0.4, 0.5) is 18.0 Å². The Hall–Kier alpha value is -4.61. The zero-order valence-electron chi connectivity index (χ0n) is 33.8. The number of nitrogens with zero attached hydrogens (tertiary/aromatic N) is 3. The number of alkyl halides is 3. The summed E-state index contributed by atoms with van der Waals surface area (Å²) in [4.78, 5) is 62.2. The quantitative estimate of drug-likeness (QED) is 0.302. The Kier molecular flexibility index (Phi) is 10.9. The zero-order valence-corrected chi connectivity index (χ0v) is 34.6. The minimum Gasteiger partial charge on any atom is -0.493 e. The van der Waals surface area contributed by atoms with Gasteiger partial charge in [0.2, 0.25) is 27.7 Å². The third kappa shape index (κ3) is 7.81. The van der Waals surface area contributed by atoms with Gasteiger partial charge in [0.15, 0.2) is 0 Å². The minimum absolute atomic E-state index is 0.0575. The molecule has 0 spiro atoms. The summed E-state index contributed by atoms with van der Waals surface area (Å²) in [5, 5.41) is 14.6. The molecule has 3 N–H and O–H groups in total. The van der Waals surface area contributed by atoms with Gasteiger partial charge in [-0.2, -0.15) is 13.2 Å². The van der Waals surface area contributed by atoms with E-state index in [4.69, 9.17) is 9.47 Å². The molecule has 1 aromatic carbocycles. The van der Waals surface area contributed by atoms with Crippen LogP contribution in [-0.2, 0) is 30.8 Å². The molecule has 3 aliphatic heterocycles. The smallest absolute Gasteiger partial charge is 0.411 e.